The Hall–Kier alpha value is -0.910. The van der Waals surface area contributed by atoms with Crippen LogP contribution in [0.5, 0.6) is 0 Å². The molecule has 0 bridgehead atoms. The molecule has 2 saturated carbocycles. The summed E-state index contributed by atoms with van der Waals surface area (Å²) < 4.78 is 5.13. The third-order valence-electron chi connectivity index (χ3n) is 5.90. The number of rotatable bonds is 0. The van der Waals surface area contributed by atoms with Gasteiger partial charge in [-0.05, 0) is 30.8 Å². The van der Waals surface area contributed by atoms with Crippen molar-refractivity contribution >= 4 is 5.97 Å². The predicted octanol–water partition coefficient (Wildman–Crippen LogP) is 0.582. The second kappa shape index (κ2) is 4.06. The maximum absolute atomic E-state index is 11.8. The van der Waals surface area contributed by atoms with Crippen molar-refractivity contribution in [2.24, 2.45) is 23.2 Å². The van der Waals surface area contributed by atoms with Gasteiger partial charge in [0.25, 0.3) is 0 Å². The first kappa shape index (κ1) is 14.0. The van der Waals surface area contributed by atoms with Crippen molar-refractivity contribution in [3.63, 3.8) is 0 Å². The van der Waals surface area contributed by atoms with Gasteiger partial charge in [0.05, 0.1) is 12.0 Å². The number of hydrogen-bond acceptors (Lipinski definition) is 5. The lowest BCUT2D eigenvalue weighted by Crippen LogP contribution is -2.64. The van der Waals surface area contributed by atoms with Gasteiger partial charge in [-0.15, -0.1) is 0 Å². The lowest BCUT2D eigenvalue weighted by atomic mass is 9.52. The average Bonchev–Trinajstić information content (AvgIpc) is 2.61. The SMILES string of the molecule is C=C1C(O)CC[C@]2(C)C(O)C3(O)OC(=O)C(C)C3C[C@@H]12. The van der Waals surface area contributed by atoms with E-state index in [0.717, 1.165) is 0 Å². The van der Waals surface area contributed by atoms with Gasteiger partial charge in [-0.3, -0.25) is 4.79 Å². The summed E-state index contributed by atoms with van der Waals surface area (Å²) in [6, 6.07) is 0. The van der Waals surface area contributed by atoms with Crippen LogP contribution in [-0.2, 0) is 9.53 Å². The molecule has 7 atom stereocenters. The molecular weight excluding hydrogens is 260 g/mol. The Morgan fingerprint density at radius 3 is 2.70 bits per heavy atom. The van der Waals surface area contributed by atoms with Gasteiger partial charge in [0, 0.05) is 11.3 Å². The van der Waals surface area contributed by atoms with Crippen molar-refractivity contribution in [1.29, 1.82) is 0 Å². The van der Waals surface area contributed by atoms with Gasteiger partial charge in [0.15, 0.2) is 0 Å². The van der Waals surface area contributed by atoms with Gasteiger partial charge < -0.3 is 20.1 Å². The van der Waals surface area contributed by atoms with Crippen LogP contribution in [-0.4, -0.2) is 39.3 Å². The monoisotopic (exact) mass is 282 g/mol. The van der Waals surface area contributed by atoms with E-state index >= 15 is 0 Å². The summed E-state index contributed by atoms with van der Waals surface area (Å²) >= 11 is 0. The lowest BCUT2D eigenvalue weighted by molar-refractivity contribution is -0.299. The van der Waals surface area contributed by atoms with Crippen LogP contribution in [0.1, 0.15) is 33.1 Å². The summed E-state index contributed by atoms with van der Waals surface area (Å²) in [4.78, 5) is 11.8. The standard InChI is InChI=1S/C15H22O5/c1-7-9-6-10-8(2)12(17)20-15(10,19)13(18)14(9,3)5-4-11(7)16/h8-11,13,16,18-19H,1,4-6H2,2-3H3/t8?,9-,10?,11?,13?,14-,15?/m0/s1. The van der Waals surface area contributed by atoms with Crippen LogP contribution >= 0.6 is 0 Å². The molecule has 1 aliphatic heterocycles. The molecule has 0 amide bonds. The molecule has 1 heterocycles. The molecular formula is C15H22O5. The van der Waals surface area contributed by atoms with Crippen LogP contribution in [0.15, 0.2) is 12.2 Å². The van der Waals surface area contributed by atoms with E-state index in [4.69, 9.17) is 4.74 Å². The molecule has 112 valence electrons. The maximum atomic E-state index is 11.8. The zero-order valence-electron chi connectivity index (χ0n) is 11.9. The summed E-state index contributed by atoms with van der Waals surface area (Å²) in [5.74, 6) is -3.28. The third-order valence-corrected chi connectivity index (χ3v) is 5.90. The fourth-order valence-corrected chi connectivity index (χ4v) is 4.42. The highest BCUT2D eigenvalue weighted by Gasteiger charge is 2.68. The van der Waals surface area contributed by atoms with E-state index in [2.05, 4.69) is 6.58 Å². The first-order valence-corrected chi connectivity index (χ1v) is 7.22. The van der Waals surface area contributed by atoms with E-state index in [9.17, 15) is 20.1 Å². The molecule has 5 nitrogen and oxygen atoms in total. The van der Waals surface area contributed by atoms with Crippen LogP contribution in [0.4, 0.5) is 0 Å². The van der Waals surface area contributed by atoms with Gasteiger partial charge in [-0.2, -0.15) is 0 Å². The first-order chi connectivity index (χ1) is 9.21. The number of fused-ring (bicyclic) bond motifs is 2. The highest BCUT2D eigenvalue weighted by atomic mass is 16.7. The number of carbonyl (C=O) groups is 1. The van der Waals surface area contributed by atoms with E-state index in [1.54, 1.807) is 6.92 Å². The summed E-state index contributed by atoms with van der Waals surface area (Å²) in [5.41, 5.74) is 0.0812. The van der Waals surface area contributed by atoms with Crippen molar-refractivity contribution in [3.8, 4) is 0 Å². The molecule has 0 spiro atoms. The minimum atomic E-state index is -1.80. The molecule has 0 aromatic rings. The molecule has 0 radical (unpaired) electrons. The Morgan fingerprint density at radius 1 is 1.40 bits per heavy atom. The van der Waals surface area contributed by atoms with Gasteiger partial charge in [-0.1, -0.05) is 20.4 Å². The predicted molar refractivity (Wildman–Crippen MR) is 70.3 cm³/mol. The Morgan fingerprint density at radius 2 is 2.05 bits per heavy atom. The third kappa shape index (κ3) is 1.51. The quantitative estimate of drug-likeness (QED) is 0.447. The molecule has 3 N–H and O–H groups in total. The van der Waals surface area contributed by atoms with Crippen molar-refractivity contribution in [2.75, 3.05) is 0 Å². The average molecular weight is 282 g/mol. The molecule has 3 fully saturated rings. The second-order valence-electron chi connectivity index (χ2n) is 6.89. The largest absolute Gasteiger partial charge is 0.430 e. The number of hydrogen-bond donors (Lipinski definition) is 3. The second-order valence-corrected chi connectivity index (χ2v) is 6.89. The molecule has 5 unspecified atom stereocenters. The van der Waals surface area contributed by atoms with Crippen molar-refractivity contribution in [1.82, 2.24) is 0 Å². The van der Waals surface area contributed by atoms with Crippen molar-refractivity contribution in [3.05, 3.63) is 12.2 Å². The number of aliphatic hydroxyl groups excluding tert-OH is 2. The van der Waals surface area contributed by atoms with Gasteiger partial charge in [-0.25, -0.2) is 0 Å². The Bertz CT molecular complexity index is 475. The maximum Gasteiger partial charge on any atom is 0.311 e. The molecule has 20 heavy (non-hydrogen) atoms. The number of ether oxygens (including phenoxy) is 1. The molecule has 1 saturated heterocycles. The molecule has 2 aliphatic carbocycles. The van der Waals surface area contributed by atoms with E-state index in [-0.39, 0.29) is 5.92 Å². The van der Waals surface area contributed by atoms with Crippen LogP contribution < -0.4 is 0 Å². The fourth-order valence-electron chi connectivity index (χ4n) is 4.42. The summed E-state index contributed by atoms with van der Waals surface area (Å²) in [6.07, 6.45) is -0.142. The molecule has 0 aromatic heterocycles. The Balaban J connectivity index is 2.03. The summed E-state index contributed by atoms with van der Waals surface area (Å²) in [7, 11) is 0. The highest BCUT2D eigenvalue weighted by Crippen LogP contribution is 2.59. The van der Waals surface area contributed by atoms with E-state index in [1.165, 1.54) is 0 Å². The zero-order chi connectivity index (χ0) is 14.9. The zero-order valence-corrected chi connectivity index (χ0v) is 11.9. The Labute approximate surface area is 118 Å². The van der Waals surface area contributed by atoms with Crippen LogP contribution in [0.2, 0.25) is 0 Å². The summed E-state index contributed by atoms with van der Waals surface area (Å²) in [5, 5.41) is 31.4. The minimum Gasteiger partial charge on any atom is -0.430 e. The molecule has 3 aliphatic rings. The number of aliphatic hydroxyl groups is 3. The van der Waals surface area contributed by atoms with Crippen LogP contribution in [0, 0.1) is 23.2 Å². The molecule has 0 aromatic carbocycles. The minimum absolute atomic E-state index is 0.108. The van der Waals surface area contributed by atoms with E-state index < -0.39 is 41.2 Å². The smallest absolute Gasteiger partial charge is 0.311 e. The van der Waals surface area contributed by atoms with Crippen LogP contribution in [0.25, 0.3) is 0 Å². The lowest BCUT2D eigenvalue weighted by Gasteiger charge is -2.56. The summed E-state index contributed by atoms with van der Waals surface area (Å²) in [6.45, 7) is 7.56. The Kier molecular flexibility index (Phi) is 2.85. The van der Waals surface area contributed by atoms with E-state index in [1.807, 2.05) is 6.92 Å². The highest BCUT2D eigenvalue weighted by molar-refractivity contribution is 5.75. The number of esters is 1. The van der Waals surface area contributed by atoms with Crippen LogP contribution in [0.3, 0.4) is 0 Å². The molecule has 3 rings (SSSR count). The first-order valence-electron chi connectivity index (χ1n) is 7.22. The topological polar surface area (TPSA) is 87.0 Å². The fraction of sp³-hybridized carbons (Fsp3) is 0.800. The van der Waals surface area contributed by atoms with Gasteiger partial charge in [0.1, 0.15) is 6.10 Å². The normalized spacial score (nSPS) is 55.1. The van der Waals surface area contributed by atoms with Gasteiger partial charge in [0.2, 0.25) is 5.79 Å². The van der Waals surface area contributed by atoms with Crippen molar-refractivity contribution in [2.45, 2.75) is 51.1 Å². The van der Waals surface area contributed by atoms with E-state index in [0.29, 0.717) is 24.8 Å². The van der Waals surface area contributed by atoms with Crippen molar-refractivity contribution < 1.29 is 24.9 Å². The van der Waals surface area contributed by atoms with Gasteiger partial charge >= 0.3 is 5.97 Å². The molecule has 5 heteroatoms. The number of carbonyl (C=O) groups excluding carboxylic acids is 1.